The molecule has 2 rings (SSSR count). The van der Waals surface area contributed by atoms with Crippen molar-refractivity contribution in [3.8, 4) is 5.75 Å². The first-order valence-electron chi connectivity index (χ1n) is 7.11. The lowest BCUT2D eigenvalue weighted by Crippen LogP contribution is -2.51. The van der Waals surface area contributed by atoms with Crippen LogP contribution in [0.2, 0.25) is 0 Å². The van der Waals surface area contributed by atoms with Crippen molar-refractivity contribution in [1.29, 1.82) is 0 Å². The predicted molar refractivity (Wildman–Crippen MR) is 76.6 cm³/mol. The molecule has 4 nitrogen and oxygen atoms in total. The fraction of sp³-hybridized carbons (Fsp3) is 0.600. The monoisotopic (exact) mass is 264 g/mol. The summed E-state index contributed by atoms with van der Waals surface area (Å²) in [4.78, 5) is 2.30. The molecular weight excluding hydrogens is 240 g/mol. The number of para-hydroxylation sites is 1. The molecule has 1 heterocycles. The molecule has 0 aliphatic carbocycles. The Kier molecular flexibility index (Phi) is 5.63. The smallest absolute Gasteiger partial charge is 0.122 e. The largest absolute Gasteiger partial charge is 0.492 e. The summed E-state index contributed by atoms with van der Waals surface area (Å²) < 4.78 is 5.91. The molecule has 1 aliphatic heterocycles. The highest BCUT2D eigenvalue weighted by Gasteiger charge is 2.20. The third-order valence-corrected chi connectivity index (χ3v) is 3.66. The van der Waals surface area contributed by atoms with Crippen LogP contribution in [0.25, 0.3) is 0 Å². The predicted octanol–water partition coefficient (Wildman–Crippen LogP) is 0.894. The summed E-state index contributed by atoms with van der Waals surface area (Å²) >= 11 is 0. The van der Waals surface area contributed by atoms with Gasteiger partial charge >= 0.3 is 0 Å². The van der Waals surface area contributed by atoms with Crippen LogP contribution in [0.3, 0.4) is 0 Å². The third kappa shape index (κ3) is 3.93. The van der Waals surface area contributed by atoms with Gasteiger partial charge in [0.2, 0.25) is 0 Å². The first-order valence-corrected chi connectivity index (χ1v) is 7.11. The van der Waals surface area contributed by atoms with Crippen molar-refractivity contribution < 1.29 is 9.84 Å². The number of hydrogen-bond donors (Lipinski definition) is 2. The van der Waals surface area contributed by atoms with Crippen LogP contribution >= 0.6 is 0 Å². The molecule has 1 saturated heterocycles. The Morgan fingerprint density at radius 2 is 2.05 bits per heavy atom. The highest BCUT2D eigenvalue weighted by molar-refractivity contribution is 5.33. The van der Waals surface area contributed by atoms with Gasteiger partial charge in [-0.3, -0.25) is 4.90 Å². The molecule has 0 amide bonds. The maximum absolute atomic E-state index is 9.54. The second-order valence-electron chi connectivity index (χ2n) is 4.89. The zero-order chi connectivity index (χ0) is 13.5. The van der Waals surface area contributed by atoms with Gasteiger partial charge in [0.15, 0.2) is 0 Å². The summed E-state index contributed by atoms with van der Waals surface area (Å²) in [6.07, 6.45) is 0.966. The van der Waals surface area contributed by atoms with E-state index in [0.29, 0.717) is 6.61 Å². The molecule has 0 saturated carbocycles. The summed E-state index contributed by atoms with van der Waals surface area (Å²) in [6.45, 7) is 6.75. The SMILES string of the molecule is CCc1ccccc1OCC(CO)N1CCNCC1. The van der Waals surface area contributed by atoms with Gasteiger partial charge in [-0.25, -0.2) is 0 Å². The van der Waals surface area contributed by atoms with Crippen LogP contribution in [0.4, 0.5) is 0 Å². The molecule has 1 aromatic carbocycles. The van der Waals surface area contributed by atoms with Gasteiger partial charge < -0.3 is 15.2 Å². The number of benzene rings is 1. The van der Waals surface area contributed by atoms with Gasteiger partial charge in [0.25, 0.3) is 0 Å². The van der Waals surface area contributed by atoms with Crippen LogP contribution in [0.1, 0.15) is 12.5 Å². The summed E-state index contributed by atoms with van der Waals surface area (Å²) in [5.74, 6) is 0.943. The Labute approximate surface area is 115 Å². The Balaban J connectivity index is 1.91. The van der Waals surface area contributed by atoms with Crippen LogP contribution in [-0.4, -0.2) is 55.4 Å². The number of aliphatic hydroxyl groups excluding tert-OH is 1. The maximum Gasteiger partial charge on any atom is 0.122 e. The topological polar surface area (TPSA) is 44.7 Å². The molecule has 1 aromatic rings. The van der Waals surface area contributed by atoms with E-state index in [9.17, 15) is 5.11 Å². The fourth-order valence-corrected chi connectivity index (χ4v) is 2.44. The van der Waals surface area contributed by atoms with Crippen molar-refractivity contribution in [2.75, 3.05) is 39.4 Å². The first kappa shape index (κ1) is 14.3. The molecule has 1 unspecified atom stereocenters. The molecule has 2 N–H and O–H groups in total. The minimum absolute atomic E-state index is 0.0898. The Bertz CT molecular complexity index is 378. The molecule has 0 bridgehead atoms. The van der Waals surface area contributed by atoms with Crippen molar-refractivity contribution in [3.63, 3.8) is 0 Å². The van der Waals surface area contributed by atoms with Gasteiger partial charge in [-0.1, -0.05) is 25.1 Å². The first-order chi connectivity index (χ1) is 9.35. The van der Waals surface area contributed by atoms with E-state index in [1.165, 1.54) is 5.56 Å². The molecule has 106 valence electrons. The number of aryl methyl sites for hydroxylation is 1. The van der Waals surface area contributed by atoms with Crippen molar-refractivity contribution >= 4 is 0 Å². The standard InChI is InChI=1S/C15H24N2O2/c1-2-13-5-3-4-6-15(13)19-12-14(11-18)17-9-7-16-8-10-17/h3-6,14,16,18H,2,7-12H2,1H3. The van der Waals surface area contributed by atoms with Crippen LogP contribution < -0.4 is 10.1 Å². The number of hydrogen-bond acceptors (Lipinski definition) is 4. The van der Waals surface area contributed by atoms with Crippen molar-refractivity contribution in [1.82, 2.24) is 10.2 Å². The molecule has 1 fully saturated rings. The summed E-state index contributed by atoms with van der Waals surface area (Å²) in [6, 6.07) is 8.21. The summed E-state index contributed by atoms with van der Waals surface area (Å²) in [5, 5.41) is 12.9. The van der Waals surface area contributed by atoms with Crippen molar-refractivity contribution in [2.24, 2.45) is 0 Å². The second kappa shape index (κ2) is 7.48. The lowest BCUT2D eigenvalue weighted by atomic mass is 10.1. The molecule has 1 aliphatic rings. The van der Waals surface area contributed by atoms with Gasteiger partial charge in [-0.15, -0.1) is 0 Å². The summed E-state index contributed by atoms with van der Waals surface area (Å²) in [5.41, 5.74) is 1.22. The molecule has 0 spiro atoms. The number of nitrogens with one attached hydrogen (secondary N) is 1. The van der Waals surface area contributed by atoms with Gasteiger partial charge in [-0.05, 0) is 18.1 Å². The van der Waals surface area contributed by atoms with Crippen LogP contribution in [0, 0.1) is 0 Å². The second-order valence-corrected chi connectivity index (χ2v) is 4.89. The van der Waals surface area contributed by atoms with Gasteiger partial charge in [0, 0.05) is 26.2 Å². The number of rotatable bonds is 6. The van der Waals surface area contributed by atoms with E-state index < -0.39 is 0 Å². The Hall–Kier alpha value is -1.10. The highest BCUT2D eigenvalue weighted by Crippen LogP contribution is 2.19. The zero-order valence-corrected chi connectivity index (χ0v) is 11.6. The lowest BCUT2D eigenvalue weighted by molar-refractivity contribution is 0.0732. The van der Waals surface area contributed by atoms with Crippen LogP contribution in [-0.2, 0) is 6.42 Å². The van der Waals surface area contributed by atoms with E-state index in [1.54, 1.807) is 0 Å². The Morgan fingerprint density at radius 3 is 2.74 bits per heavy atom. The van der Waals surface area contributed by atoms with E-state index in [2.05, 4.69) is 23.2 Å². The highest BCUT2D eigenvalue weighted by atomic mass is 16.5. The quantitative estimate of drug-likeness (QED) is 0.801. The Morgan fingerprint density at radius 1 is 1.32 bits per heavy atom. The van der Waals surface area contributed by atoms with E-state index in [1.807, 2.05) is 18.2 Å². The molecule has 0 radical (unpaired) electrons. The molecular formula is C15H24N2O2. The van der Waals surface area contributed by atoms with Crippen molar-refractivity contribution in [3.05, 3.63) is 29.8 Å². The molecule has 4 heteroatoms. The number of ether oxygens (including phenoxy) is 1. The molecule has 1 atom stereocenters. The van der Waals surface area contributed by atoms with Gasteiger partial charge in [-0.2, -0.15) is 0 Å². The maximum atomic E-state index is 9.54. The average Bonchev–Trinajstić information content (AvgIpc) is 2.49. The third-order valence-electron chi connectivity index (χ3n) is 3.66. The van der Waals surface area contributed by atoms with Gasteiger partial charge in [0.05, 0.1) is 12.6 Å². The van der Waals surface area contributed by atoms with Crippen LogP contribution in [0.15, 0.2) is 24.3 Å². The number of nitrogens with zero attached hydrogens (tertiary/aromatic N) is 1. The fourth-order valence-electron chi connectivity index (χ4n) is 2.44. The van der Waals surface area contributed by atoms with Crippen molar-refractivity contribution in [2.45, 2.75) is 19.4 Å². The average molecular weight is 264 g/mol. The van der Waals surface area contributed by atoms with E-state index in [0.717, 1.165) is 38.3 Å². The minimum atomic E-state index is 0.0898. The van der Waals surface area contributed by atoms with E-state index >= 15 is 0 Å². The zero-order valence-electron chi connectivity index (χ0n) is 11.6. The summed E-state index contributed by atoms with van der Waals surface area (Å²) in [7, 11) is 0. The lowest BCUT2D eigenvalue weighted by Gasteiger charge is -2.33. The van der Waals surface area contributed by atoms with Gasteiger partial charge in [0.1, 0.15) is 12.4 Å². The van der Waals surface area contributed by atoms with Crippen LogP contribution in [0.5, 0.6) is 5.75 Å². The number of piperazine rings is 1. The molecule has 0 aromatic heterocycles. The number of aliphatic hydroxyl groups is 1. The van der Waals surface area contributed by atoms with E-state index in [-0.39, 0.29) is 12.6 Å². The molecule has 19 heavy (non-hydrogen) atoms. The normalized spacial score (nSPS) is 18.2. The minimum Gasteiger partial charge on any atom is -0.492 e. The van der Waals surface area contributed by atoms with E-state index in [4.69, 9.17) is 4.74 Å².